The molecule has 2 amide bonds. The molecule has 0 unspecified atom stereocenters. The molecule has 0 saturated carbocycles. The van der Waals surface area contributed by atoms with E-state index in [0.29, 0.717) is 23.9 Å². The van der Waals surface area contributed by atoms with Crippen LogP contribution in [0.4, 0.5) is 4.79 Å². The topological polar surface area (TPSA) is 49.9 Å². The number of nitrogens with zero attached hydrogens (tertiary/aromatic N) is 2. The summed E-state index contributed by atoms with van der Waals surface area (Å²) in [6.45, 7) is 6.30. The molecule has 6 heteroatoms. The number of imide groups is 1. The zero-order valence-electron chi connectivity index (χ0n) is 14.1. The van der Waals surface area contributed by atoms with Gasteiger partial charge in [-0.05, 0) is 49.8 Å². The van der Waals surface area contributed by atoms with Crippen LogP contribution in [0, 0.1) is 0 Å². The van der Waals surface area contributed by atoms with Crippen LogP contribution in [-0.2, 0) is 4.79 Å². The van der Waals surface area contributed by atoms with E-state index in [-0.39, 0.29) is 11.1 Å². The number of hydrogen-bond acceptors (Lipinski definition) is 5. The minimum Gasteiger partial charge on any atom is -0.489 e. The van der Waals surface area contributed by atoms with Crippen molar-refractivity contribution in [1.82, 2.24) is 9.80 Å². The quantitative estimate of drug-likeness (QED) is 0.573. The van der Waals surface area contributed by atoms with Crippen molar-refractivity contribution in [1.29, 1.82) is 0 Å². The van der Waals surface area contributed by atoms with E-state index in [4.69, 9.17) is 4.74 Å². The summed E-state index contributed by atoms with van der Waals surface area (Å²) in [5.41, 5.74) is 0.785. The van der Waals surface area contributed by atoms with Crippen molar-refractivity contribution in [3.63, 3.8) is 0 Å². The Kier molecular flexibility index (Phi) is 5.94. The van der Waals surface area contributed by atoms with Crippen LogP contribution in [0.25, 0.3) is 6.08 Å². The van der Waals surface area contributed by atoms with Gasteiger partial charge in [0.05, 0.1) is 11.6 Å². The summed E-state index contributed by atoms with van der Waals surface area (Å²) in [4.78, 5) is 28.9. The maximum atomic E-state index is 12.7. The first-order chi connectivity index (χ1) is 12.2. The van der Waals surface area contributed by atoms with Crippen molar-refractivity contribution in [2.75, 3.05) is 26.4 Å². The first-order valence-electron chi connectivity index (χ1n) is 8.49. The smallest absolute Gasteiger partial charge is 0.294 e. The molecule has 0 atom stereocenters. The molecule has 2 saturated heterocycles. The lowest BCUT2D eigenvalue weighted by Gasteiger charge is -2.29. The van der Waals surface area contributed by atoms with Crippen LogP contribution in [0.2, 0.25) is 0 Å². The van der Waals surface area contributed by atoms with Crippen LogP contribution in [0.1, 0.15) is 24.8 Å². The number of ether oxygens (including phenoxy) is 1. The molecule has 0 bridgehead atoms. The molecule has 0 spiro atoms. The van der Waals surface area contributed by atoms with Gasteiger partial charge in [-0.3, -0.25) is 19.4 Å². The van der Waals surface area contributed by atoms with Crippen LogP contribution < -0.4 is 4.74 Å². The largest absolute Gasteiger partial charge is 0.489 e. The maximum absolute atomic E-state index is 12.7. The van der Waals surface area contributed by atoms with Gasteiger partial charge in [-0.25, -0.2) is 0 Å². The predicted octanol–water partition coefficient (Wildman–Crippen LogP) is 3.73. The van der Waals surface area contributed by atoms with Crippen LogP contribution in [-0.4, -0.2) is 47.3 Å². The Morgan fingerprint density at radius 1 is 1.16 bits per heavy atom. The van der Waals surface area contributed by atoms with Gasteiger partial charge in [-0.15, -0.1) is 0 Å². The normalized spacial score (nSPS) is 20.3. The van der Waals surface area contributed by atoms with E-state index in [0.717, 1.165) is 43.3 Å². The number of carbonyl (C=O) groups is 2. The second-order valence-corrected chi connectivity index (χ2v) is 7.06. The highest BCUT2D eigenvalue weighted by Gasteiger charge is 2.36. The first-order valence-corrected chi connectivity index (χ1v) is 9.31. The number of piperidine rings is 1. The molecule has 0 radical (unpaired) electrons. The molecule has 1 aromatic carbocycles. The van der Waals surface area contributed by atoms with Gasteiger partial charge in [0.1, 0.15) is 12.4 Å². The molecule has 2 fully saturated rings. The zero-order valence-corrected chi connectivity index (χ0v) is 15.0. The van der Waals surface area contributed by atoms with Gasteiger partial charge in [-0.2, -0.15) is 0 Å². The molecule has 2 heterocycles. The summed E-state index contributed by atoms with van der Waals surface area (Å²) in [7, 11) is 0. The third-order valence-corrected chi connectivity index (χ3v) is 5.13. The van der Waals surface area contributed by atoms with Crippen molar-refractivity contribution in [2.24, 2.45) is 0 Å². The maximum Gasteiger partial charge on any atom is 0.294 e. The van der Waals surface area contributed by atoms with E-state index in [2.05, 4.69) is 11.5 Å². The molecule has 0 aliphatic carbocycles. The fraction of sp³-hybridized carbons (Fsp3) is 0.368. The van der Waals surface area contributed by atoms with Crippen LogP contribution in [0.3, 0.4) is 0 Å². The highest BCUT2D eigenvalue weighted by Crippen LogP contribution is 2.34. The monoisotopic (exact) mass is 358 g/mol. The Labute approximate surface area is 152 Å². The summed E-state index contributed by atoms with van der Waals surface area (Å²) < 4.78 is 5.62. The summed E-state index contributed by atoms with van der Waals surface area (Å²) in [6.07, 6.45) is 6.88. The molecule has 132 valence electrons. The van der Waals surface area contributed by atoms with Gasteiger partial charge < -0.3 is 4.74 Å². The average molecular weight is 358 g/mol. The molecular weight excluding hydrogens is 336 g/mol. The van der Waals surface area contributed by atoms with Gasteiger partial charge >= 0.3 is 0 Å². The van der Waals surface area contributed by atoms with Crippen molar-refractivity contribution < 1.29 is 14.3 Å². The van der Waals surface area contributed by atoms with Crippen LogP contribution in [0.5, 0.6) is 5.75 Å². The first kappa shape index (κ1) is 17.8. The van der Waals surface area contributed by atoms with Crippen molar-refractivity contribution >= 4 is 29.0 Å². The highest BCUT2D eigenvalue weighted by atomic mass is 32.2. The van der Waals surface area contributed by atoms with Crippen molar-refractivity contribution in [2.45, 2.75) is 19.3 Å². The van der Waals surface area contributed by atoms with E-state index in [1.54, 1.807) is 12.2 Å². The van der Waals surface area contributed by atoms with Gasteiger partial charge in [0.25, 0.3) is 11.1 Å². The highest BCUT2D eigenvalue weighted by molar-refractivity contribution is 8.18. The van der Waals surface area contributed by atoms with Crippen molar-refractivity contribution in [3.8, 4) is 5.75 Å². The lowest BCUT2D eigenvalue weighted by molar-refractivity contribution is -0.124. The Balaban J connectivity index is 1.75. The fourth-order valence-electron chi connectivity index (χ4n) is 2.94. The van der Waals surface area contributed by atoms with Gasteiger partial charge in [0.15, 0.2) is 0 Å². The average Bonchev–Trinajstić information content (AvgIpc) is 2.89. The van der Waals surface area contributed by atoms with Crippen molar-refractivity contribution in [3.05, 3.63) is 47.4 Å². The third-order valence-electron chi connectivity index (χ3n) is 4.23. The Bertz CT molecular complexity index is 696. The summed E-state index contributed by atoms with van der Waals surface area (Å²) in [5.74, 6) is 0.448. The van der Waals surface area contributed by atoms with Gasteiger partial charge in [-0.1, -0.05) is 37.3 Å². The third kappa shape index (κ3) is 4.32. The molecular formula is C19H22N2O3S. The number of hydrogen-bond donors (Lipinski definition) is 0. The van der Waals surface area contributed by atoms with E-state index in [1.807, 2.05) is 24.3 Å². The fourth-order valence-corrected chi connectivity index (χ4v) is 3.77. The molecule has 0 aromatic heterocycles. The van der Waals surface area contributed by atoms with E-state index < -0.39 is 0 Å². The van der Waals surface area contributed by atoms with E-state index >= 15 is 0 Å². The minimum atomic E-state index is -0.223. The second-order valence-electron chi connectivity index (χ2n) is 6.07. The Morgan fingerprint density at radius 2 is 1.92 bits per heavy atom. The number of amides is 2. The lowest BCUT2D eigenvalue weighted by atomic mass is 10.1. The zero-order chi connectivity index (χ0) is 17.6. The van der Waals surface area contributed by atoms with Gasteiger partial charge in [0.2, 0.25) is 0 Å². The van der Waals surface area contributed by atoms with Gasteiger partial charge in [0, 0.05) is 5.56 Å². The Morgan fingerprint density at radius 3 is 2.68 bits per heavy atom. The molecule has 2 aliphatic heterocycles. The summed E-state index contributed by atoms with van der Waals surface area (Å²) >= 11 is 0.994. The Hall–Kier alpha value is -2.05. The van der Waals surface area contributed by atoms with E-state index in [9.17, 15) is 9.59 Å². The standard InChI is InChI=1S/C19H22N2O3S/c1-2-12-24-16-9-5-4-8-15(16)13-17-18(22)21(19(23)25-17)14-20-10-6-3-7-11-20/h2,4-5,8-9,13H,1,3,6-7,10-12,14H2. The van der Waals surface area contributed by atoms with Crippen LogP contribution in [0.15, 0.2) is 41.8 Å². The number of para-hydroxylation sites is 1. The second kappa shape index (κ2) is 8.36. The number of likely N-dealkylation sites (tertiary alicyclic amines) is 1. The lowest BCUT2D eigenvalue weighted by Crippen LogP contribution is -2.42. The van der Waals surface area contributed by atoms with Crippen LogP contribution >= 0.6 is 11.8 Å². The minimum absolute atomic E-state index is 0.202. The molecule has 2 aliphatic rings. The number of benzene rings is 1. The number of thioether (sulfide) groups is 1. The SMILES string of the molecule is C=CCOc1ccccc1C=C1SC(=O)N(CN2CCCCC2)C1=O. The molecule has 25 heavy (non-hydrogen) atoms. The molecule has 1 aromatic rings. The number of rotatable bonds is 6. The predicted molar refractivity (Wildman–Crippen MR) is 100 cm³/mol. The molecule has 0 N–H and O–H groups in total. The van der Waals surface area contributed by atoms with E-state index in [1.165, 1.54) is 11.3 Å². The molecule has 3 rings (SSSR count). The summed E-state index contributed by atoms with van der Waals surface area (Å²) in [6, 6.07) is 7.47. The summed E-state index contributed by atoms with van der Waals surface area (Å²) in [5, 5.41) is -0.202. The molecule has 5 nitrogen and oxygen atoms in total. The number of carbonyl (C=O) groups excluding carboxylic acids is 2.